The van der Waals surface area contributed by atoms with Gasteiger partial charge < -0.3 is 34.5 Å². The number of hydrogen-bond acceptors (Lipinski definition) is 7. The first kappa shape index (κ1) is 23.4. The van der Waals surface area contributed by atoms with Crippen LogP contribution in [0.4, 0.5) is 0 Å². The molecule has 0 amide bonds. The Morgan fingerprint density at radius 1 is 1.00 bits per heavy atom. The van der Waals surface area contributed by atoms with Crippen LogP contribution in [-0.2, 0) is 4.74 Å². The summed E-state index contributed by atoms with van der Waals surface area (Å²) >= 11 is 0. The van der Waals surface area contributed by atoms with Crippen molar-refractivity contribution in [2.24, 2.45) is 0 Å². The predicted molar refractivity (Wildman–Crippen MR) is 123 cm³/mol. The van der Waals surface area contributed by atoms with E-state index in [0.29, 0.717) is 11.1 Å². The Morgan fingerprint density at radius 3 is 2.36 bits per heavy atom. The maximum absolute atomic E-state index is 12.9. The van der Waals surface area contributed by atoms with E-state index in [1.165, 1.54) is 0 Å². The summed E-state index contributed by atoms with van der Waals surface area (Å²) in [6.45, 7) is 5.24. The standard InChI is InChI=1S/C25H29NO7/c1-13(2)26-9-8-15-4-5-17(11-18(15)24(26)31)16-6-7-19(14(3)10-16)32-25-23(30)22(29)21(28)20(12-27)33-25/h4-11,13,20-23,25,27-30H,12H2,1-3H3. The smallest absolute Gasteiger partial charge is 0.258 e. The number of fused-ring (bicyclic) bond motifs is 1. The van der Waals surface area contributed by atoms with E-state index in [1.54, 1.807) is 10.6 Å². The highest BCUT2D eigenvalue weighted by Gasteiger charge is 2.44. The molecular weight excluding hydrogens is 426 g/mol. The van der Waals surface area contributed by atoms with Gasteiger partial charge >= 0.3 is 0 Å². The topological polar surface area (TPSA) is 121 Å². The third kappa shape index (κ3) is 4.40. The molecule has 0 saturated carbocycles. The lowest BCUT2D eigenvalue weighted by molar-refractivity contribution is -0.277. The van der Waals surface area contributed by atoms with Crippen molar-refractivity contribution in [1.82, 2.24) is 4.57 Å². The zero-order valence-electron chi connectivity index (χ0n) is 18.8. The van der Waals surface area contributed by atoms with Crippen molar-refractivity contribution in [2.45, 2.75) is 57.5 Å². The van der Waals surface area contributed by atoms with Crippen molar-refractivity contribution >= 4 is 10.8 Å². The Kier molecular flexibility index (Phi) is 6.56. The van der Waals surface area contributed by atoms with Crippen molar-refractivity contribution in [3.05, 3.63) is 64.6 Å². The minimum Gasteiger partial charge on any atom is -0.462 e. The van der Waals surface area contributed by atoms with Gasteiger partial charge in [0.1, 0.15) is 30.2 Å². The Morgan fingerprint density at radius 2 is 1.70 bits per heavy atom. The van der Waals surface area contributed by atoms with Crippen LogP contribution in [-0.4, -0.2) is 62.3 Å². The maximum atomic E-state index is 12.9. The van der Waals surface area contributed by atoms with Gasteiger partial charge in [0.25, 0.3) is 5.56 Å². The van der Waals surface area contributed by atoms with Crippen LogP contribution >= 0.6 is 0 Å². The van der Waals surface area contributed by atoms with Crippen molar-refractivity contribution in [1.29, 1.82) is 0 Å². The zero-order valence-corrected chi connectivity index (χ0v) is 18.8. The van der Waals surface area contributed by atoms with Crippen molar-refractivity contribution < 1.29 is 29.9 Å². The largest absolute Gasteiger partial charge is 0.462 e. The van der Waals surface area contributed by atoms with Crippen LogP contribution in [0.25, 0.3) is 21.9 Å². The van der Waals surface area contributed by atoms with E-state index < -0.39 is 37.3 Å². The van der Waals surface area contributed by atoms with E-state index >= 15 is 0 Å². The van der Waals surface area contributed by atoms with E-state index in [0.717, 1.165) is 22.1 Å². The summed E-state index contributed by atoms with van der Waals surface area (Å²) in [7, 11) is 0. The summed E-state index contributed by atoms with van der Waals surface area (Å²) in [5.74, 6) is 0.422. The van der Waals surface area contributed by atoms with Crippen LogP contribution < -0.4 is 10.3 Å². The molecular formula is C25H29NO7. The van der Waals surface area contributed by atoms with Gasteiger partial charge in [0.15, 0.2) is 0 Å². The molecule has 2 heterocycles. The van der Waals surface area contributed by atoms with Crippen LogP contribution in [0.1, 0.15) is 25.5 Å². The van der Waals surface area contributed by atoms with E-state index in [4.69, 9.17) is 9.47 Å². The molecule has 5 unspecified atom stereocenters. The predicted octanol–water partition coefficient (Wildman–Crippen LogP) is 1.74. The van der Waals surface area contributed by atoms with Gasteiger partial charge in [-0.25, -0.2) is 0 Å². The molecule has 33 heavy (non-hydrogen) atoms. The second-order valence-electron chi connectivity index (χ2n) is 8.72. The monoisotopic (exact) mass is 455 g/mol. The SMILES string of the molecule is Cc1cc(-c2ccc3ccn(C(C)C)c(=O)c3c2)ccc1OC1OC(CO)C(O)C(O)C1O. The van der Waals surface area contributed by atoms with Gasteiger partial charge in [-0.3, -0.25) is 4.79 Å². The van der Waals surface area contributed by atoms with Gasteiger partial charge in [-0.05, 0) is 67.1 Å². The minimum atomic E-state index is -1.51. The highest BCUT2D eigenvalue weighted by molar-refractivity contribution is 5.86. The molecule has 1 aromatic heterocycles. The minimum absolute atomic E-state index is 0.0383. The number of aryl methyl sites for hydroxylation is 1. The second kappa shape index (κ2) is 9.24. The highest BCUT2D eigenvalue weighted by Crippen LogP contribution is 2.30. The molecule has 0 spiro atoms. The fourth-order valence-corrected chi connectivity index (χ4v) is 4.09. The normalized spacial score (nSPS) is 25.5. The van der Waals surface area contributed by atoms with Crippen LogP contribution in [0, 0.1) is 6.92 Å². The first-order valence-electron chi connectivity index (χ1n) is 10.9. The molecule has 8 nitrogen and oxygen atoms in total. The lowest BCUT2D eigenvalue weighted by atomic mass is 9.99. The fourth-order valence-electron chi connectivity index (χ4n) is 4.09. The van der Waals surface area contributed by atoms with Crippen LogP contribution in [0.3, 0.4) is 0 Å². The summed E-state index contributed by atoms with van der Waals surface area (Å²) in [4.78, 5) is 12.9. The number of pyridine rings is 1. The van der Waals surface area contributed by atoms with Gasteiger partial charge in [-0.15, -0.1) is 0 Å². The summed E-state index contributed by atoms with van der Waals surface area (Å²) < 4.78 is 12.9. The molecule has 1 aliphatic heterocycles. The number of benzene rings is 2. The lowest BCUT2D eigenvalue weighted by Crippen LogP contribution is -2.60. The number of ether oxygens (including phenoxy) is 2. The van der Waals surface area contributed by atoms with E-state index in [9.17, 15) is 25.2 Å². The van der Waals surface area contributed by atoms with Gasteiger partial charge in [-0.1, -0.05) is 18.2 Å². The van der Waals surface area contributed by atoms with Gasteiger partial charge in [0.2, 0.25) is 6.29 Å². The summed E-state index contributed by atoms with van der Waals surface area (Å²) in [5, 5.41) is 41.0. The number of hydrogen-bond donors (Lipinski definition) is 4. The van der Waals surface area contributed by atoms with Crippen molar-refractivity contribution in [3.8, 4) is 16.9 Å². The number of aliphatic hydroxyl groups is 4. The number of rotatable bonds is 5. The van der Waals surface area contributed by atoms with Gasteiger partial charge in [-0.2, -0.15) is 0 Å². The number of aromatic nitrogens is 1. The third-order valence-electron chi connectivity index (χ3n) is 6.09. The molecule has 1 saturated heterocycles. The Bertz CT molecular complexity index is 1200. The number of aliphatic hydroxyl groups excluding tert-OH is 4. The Labute approximate surface area is 191 Å². The van der Waals surface area contributed by atoms with Crippen molar-refractivity contribution in [3.63, 3.8) is 0 Å². The molecule has 176 valence electrons. The Balaban J connectivity index is 1.62. The third-order valence-corrected chi connectivity index (χ3v) is 6.09. The molecule has 0 radical (unpaired) electrons. The van der Waals surface area contributed by atoms with Crippen LogP contribution in [0.5, 0.6) is 5.75 Å². The van der Waals surface area contributed by atoms with E-state index in [-0.39, 0.29) is 11.6 Å². The maximum Gasteiger partial charge on any atom is 0.258 e. The molecule has 4 N–H and O–H groups in total. The summed E-state index contributed by atoms with van der Waals surface area (Å²) in [5.41, 5.74) is 2.47. The number of nitrogens with zero attached hydrogens (tertiary/aromatic N) is 1. The Hall–Kier alpha value is -2.75. The average molecular weight is 456 g/mol. The van der Waals surface area contributed by atoms with Crippen LogP contribution in [0.15, 0.2) is 53.5 Å². The lowest BCUT2D eigenvalue weighted by Gasteiger charge is -2.39. The van der Waals surface area contributed by atoms with Gasteiger partial charge in [0, 0.05) is 17.6 Å². The molecule has 1 fully saturated rings. The zero-order chi connectivity index (χ0) is 23.9. The fraction of sp³-hybridized carbons (Fsp3) is 0.400. The quantitative estimate of drug-likeness (QED) is 0.462. The molecule has 8 heteroatoms. The molecule has 3 aromatic rings. The highest BCUT2D eigenvalue weighted by atomic mass is 16.7. The molecule has 0 aliphatic carbocycles. The molecule has 0 bridgehead atoms. The average Bonchev–Trinajstić information content (AvgIpc) is 2.80. The molecule has 1 aliphatic rings. The first-order valence-corrected chi connectivity index (χ1v) is 10.9. The van der Waals surface area contributed by atoms with Gasteiger partial charge in [0.05, 0.1) is 6.61 Å². The second-order valence-corrected chi connectivity index (χ2v) is 8.72. The van der Waals surface area contributed by atoms with Crippen molar-refractivity contribution in [2.75, 3.05) is 6.61 Å². The molecule has 2 aromatic carbocycles. The van der Waals surface area contributed by atoms with E-state index in [2.05, 4.69) is 0 Å². The van der Waals surface area contributed by atoms with E-state index in [1.807, 2.05) is 63.4 Å². The van der Waals surface area contributed by atoms with Crippen LogP contribution in [0.2, 0.25) is 0 Å². The summed E-state index contributed by atoms with van der Waals surface area (Å²) in [6.07, 6.45) is -4.91. The molecule has 5 atom stereocenters. The summed E-state index contributed by atoms with van der Waals surface area (Å²) in [6, 6.07) is 13.2. The first-order chi connectivity index (χ1) is 15.7. The molecule has 4 rings (SSSR count).